The van der Waals surface area contributed by atoms with Crippen LogP contribution in [-0.2, 0) is 0 Å². The number of aliphatic hydroxyl groups is 1. The Bertz CT molecular complexity index is 393. The summed E-state index contributed by atoms with van der Waals surface area (Å²) >= 11 is 0. The maximum absolute atomic E-state index is 12.4. The van der Waals surface area contributed by atoms with Crippen molar-refractivity contribution in [3.8, 4) is 0 Å². The fourth-order valence-electron chi connectivity index (χ4n) is 1.64. The van der Waals surface area contributed by atoms with Gasteiger partial charge in [0.15, 0.2) is 0 Å². The Morgan fingerprint density at radius 1 is 1.33 bits per heavy atom. The second-order valence-corrected chi connectivity index (χ2v) is 4.43. The lowest BCUT2D eigenvalue weighted by atomic mass is 9.97. The van der Waals surface area contributed by atoms with Crippen molar-refractivity contribution in [1.29, 1.82) is 0 Å². The van der Waals surface area contributed by atoms with Gasteiger partial charge in [-0.25, -0.2) is 8.78 Å². The molecule has 0 aliphatic rings. The zero-order valence-electron chi connectivity index (χ0n) is 10.7. The van der Waals surface area contributed by atoms with E-state index in [0.717, 1.165) is 0 Å². The lowest BCUT2D eigenvalue weighted by Gasteiger charge is -2.26. The van der Waals surface area contributed by atoms with Gasteiger partial charge in [-0.2, -0.15) is 0 Å². The first-order chi connectivity index (χ1) is 8.41. The summed E-state index contributed by atoms with van der Waals surface area (Å²) in [4.78, 5) is 0. The van der Waals surface area contributed by atoms with E-state index in [1.807, 2.05) is 13.8 Å². The molecule has 0 bridgehead atoms. The highest BCUT2D eigenvalue weighted by Gasteiger charge is 2.22. The third-order valence-electron chi connectivity index (χ3n) is 3.25. The van der Waals surface area contributed by atoms with E-state index in [4.69, 9.17) is 5.73 Å². The fourth-order valence-corrected chi connectivity index (χ4v) is 1.64. The van der Waals surface area contributed by atoms with Crippen molar-refractivity contribution >= 4 is 11.4 Å². The van der Waals surface area contributed by atoms with Crippen LogP contribution in [0.1, 0.15) is 38.7 Å². The summed E-state index contributed by atoms with van der Waals surface area (Å²) in [6, 6.07) is 4.10. The topological polar surface area (TPSA) is 58.3 Å². The zero-order valence-corrected chi connectivity index (χ0v) is 10.7. The summed E-state index contributed by atoms with van der Waals surface area (Å²) in [6.45, 7) is 4.14. The molecule has 0 amide bonds. The number of anilines is 2. The maximum atomic E-state index is 12.4. The van der Waals surface area contributed by atoms with Gasteiger partial charge in [0.25, 0.3) is 6.43 Å². The van der Waals surface area contributed by atoms with E-state index >= 15 is 0 Å². The molecule has 1 aromatic carbocycles. The second kappa shape index (κ2) is 6.00. The molecule has 0 fully saturated rings. The molecule has 102 valence electrons. The molecule has 0 unspecified atom stereocenters. The van der Waals surface area contributed by atoms with E-state index in [9.17, 15) is 13.9 Å². The number of rotatable bonds is 6. The monoisotopic (exact) mass is 258 g/mol. The average molecular weight is 258 g/mol. The summed E-state index contributed by atoms with van der Waals surface area (Å²) in [5, 5.41) is 13.1. The van der Waals surface area contributed by atoms with E-state index in [0.29, 0.717) is 25.1 Å². The van der Waals surface area contributed by atoms with Crippen LogP contribution in [0.5, 0.6) is 0 Å². The highest BCUT2D eigenvalue weighted by molar-refractivity contribution is 5.67. The first-order valence-electron chi connectivity index (χ1n) is 6.05. The second-order valence-electron chi connectivity index (χ2n) is 4.43. The van der Waals surface area contributed by atoms with Crippen LogP contribution in [-0.4, -0.2) is 17.3 Å². The van der Waals surface area contributed by atoms with Crippen molar-refractivity contribution in [2.24, 2.45) is 0 Å². The number of hydrogen-bond acceptors (Lipinski definition) is 3. The summed E-state index contributed by atoms with van der Waals surface area (Å²) < 4.78 is 24.9. The summed E-state index contributed by atoms with van der Waals surface area (Å²) in [7, 11) is 0. The summed E-state index contributed by atoms with van der Waals surface area (Å²) in [6.07, 6.45) is -1.29. The van der Waals surface area contributed by atoms with E-state index in [1.54, 1.807) is 0 Å². The minimum Gasteiger partial charge on any atom is -0.397 e. The van der Waals surface area contributed by atoms with Gasteiger partial charge in [0.2, 0.25) is 0 Å². The molecule has 0 aromatic heterocycles. The van der Waals surface area contributed by atoms with Crippen LogP contribution in [0.3, 0.4) is 0 Å². The van der Waals surface area contributed by atoms with Gasteiger partial charge >= 0.3 is 0 Å². The molecule has 1 aromatic rings. The largest absolute Gasteiger partial charge is 0.397 e. The molecule has 18 heavy (non-hydrogen) atoms. The lowest BCUT2D eigenvalue weighted by molar-refractivity contribution is 0.0457. The zero-order chi connectivity index (χ0) is 13.8. The molecule has 1 rings (SSSR count). The van der Waals surface area contributed by atoms with Gasteiger partial charge in [0, 0.05) is 12.1 Å². The molecule has 0 aliphatic heterocycles. The van der Waals surface area contributed by atoms with Crippen molar-refractivity contribution in [3.63, 3.8) is 0 Å². The maximum Gasteiger partial charge on any atom is 0.263 e. The van der Waals surface area contributed by atoms with Crippen LogP contribution in [0.25, 0.3) is 0 Å². The number of hydrogen-bond donors (Lipinski definition) is 3. The molecule has 0 radical (unpaired) electrons. The number of benzene rings is 1. The van der Waals surface area contributed by atoms with Crippen LogP contribution in [0.15, 0.2) is 18.2 Å². The van der Waals surface area contributed by atoms with Gasteiger partial charge in [0.05, 0.1) is 17.0 Å². The third-order valence-corrected chi connectivity index (χ3v) is 3.25. The van der Waals surface area contributed by atoms with Crippen molar-refractivity contribution in [2.75, 3.05) is 17.6 Å². The Hall–Kier alpha value is -1.36. The van der Waals surface area contributed by atoms with Crippen LogP contribution in [0, 0.1) is 0 Å². The number of nitrogens with one attached hydrogen (secondary N) is 1. The molecule has 0 saturated heterocycles. The molecular weight excluding hydrogens is 238 g/mol. The Morgan fingerprint density at radius 3 is 2.39 bits per heavy atom. The lowest BCUT2D eigenvalue weighted by Crippen LogP contribution is -2.35. The molecule has 4 N–H and O–H groups in total. The smallest absolute Gasteiger partial charge is 0.263 e. The average Bonchev–Trinajstić information content (AvgIpc) is 2.36. The van der Waals surface area contributed by atoms with Crippen LogP contribution < -0.4 is 11.1 Å². The van der Waals surface area contributed by atoms with E-state index < -0.39 is 12.0 Å². The number of nitrogen functional groups attached to an aromatic ring is 1. The Balaban J connectivity index is 2.74. The van der Waals surface area contributed by atoms with Gasteiger partial charge in [-0.3, -0.25) is 0 Å². The molecule has 0 heterocycles. The summed E-state index contributed by atoms with van der Waals surface area (Å²) in [5.41, 5.74) is 5.63. The predicted molar refractivity (Wildman–Crippen MR) is 69.8 cm³/mol. The van der Waals surface area contributed by atoms with Gasteiger partial charge < -0.3 is 16.2 Å². The van der Waals surface area contributed by atoms with Crippen molar-refractivity contribution in [3.05, 3.63) is 23.8 Å². The highest BCUT2D eigenvalue weighted by Crippen LogP contribution is 2.27. The Kier molecular flexibility index (Phi) is 4.90. The molecular formula is C13H20F2N2O. The molecule has 5 heteroatoms. The minimum atomic E-state index is -2.52. The SMILES string of the molecule is CCC(O)(CC)CNc1ccc(C(F)F)cc1N. The Labute approximate surface area is 106 Å². The fraction of sp³-hybridized carbons (Fsp3) is 0.538. The van der Waals surface area contributed by atoms with Crippen molar-refractivity contribution < 1.29 is 13.9 Å². The summed E-state index contributed by atoms with van der Waals surface area (Å²) in [5.74, 6) is 0. The van der Waals surface area contributed by atoms with Crippen LogP contribution in [0.2, 0.25) is 0 Å². The first-order valence-corrected chi connectivity index (χ1v) is 6.05. The molecule has 0 spiro atoms. The highest BCUT2D eigenvalue weighted by atomic mass is 19.3. The van der Waals surface area contributed by atoms with Gasteiger partial charge in [0.1, 0.15) is 0 Å². The van der Waals surface area contributed by atoms with Crippen molar-refractivity contribution in [1.82, 2.24) is 0 Å². The van der Waals surface area contributed by atoms with E-state index in [-0.39, 0.29) is 11.3 Å². The normalized spacial score (nSPS) is 11.9. The molecule has 3 nitrogen and oxygen atoms in total. The van der Waals surface area contributed by atoms with Gasteiger partial charge in [-0.1, -0.05) is 19.9 Å². The number of halogens is 2. The Morgan fingerprint density at radius 2 is 1.94 bits per heavy atom. The third kappa shape index (κ3) is 3.57. The van der Waals surface area contributed by atoms with Crippen molar-refractivity contribution in [2.45, 2.75) is 38.7 Å². The number of alkyl halides is 2. The first kappa shape index (κ1) is 14.7. The van der Waals surface area contributed by atoms with E-state index in [1.165, 1.54) is 18.2 Å². The minimum absolute atomic E-state index is 0.0979. The van der Waals surface area contributed by atoms with E-state index in [2.05, 4.69) is 5.32 Å². The van der Waals surface area contributed by atoms with Crippen LogP contribution >= 0.6 is 0 Å². The van der Waals surface area contributed by atoms with Gasteiger partial charge in [-0.15, -0.1) is 0 Å². The van der Waals surface area contributed by atoms with Gasteiger partial charge in [-0.05, 0) is 25.0 Å². The predicted octanol–water partition coefficient (Wildman–Crippen LogP) is 3.17. The molecule has 0 atom stereocenters. The molecule has 0 aliphatic carbocycles. The number of nitrogens with two attached hydrogens (primary N) is 1. The molecule has 0 saturated carbocycles. The standard InChI is InChI=1S/C13H20F2N2O/c1-3-13(18,4-2)8-17-11-6-5-9(12(14)15)7-10(11)16/h5-7,12,17-18H,3-4,8,16H2,1-2H3. The van der Waals surface area contributed by atoms with Crippen LogP contribution in [0.4, 0.5) is 20.2 Å². The quantitative estimate of drug-likeness (QED) is 0.687.